The number of rotatable bonds is 1. The molecule has 19 heavy (non-hydrogen) atoms. The Balaban J connectivity index is 2.28. The van der Waals surface area contributed by atoms with Gasteiger partial charge in [-0.2, -0.15) is 5.26 Å². The summed E-state index contributed by atoms with van der Waals surface area (Å²) in [6.45, 7) is 8.24. The predicted molar refractivity (Wildman–Crippen MR) is 79.6 cm³/mol. The van der Waals surface area contributed by atoms with Gasteiger partial charge in [0, 0.05) is 24.5 Å². The van der Waals surface area contributed by atoms with Crippen LogP contribution in [0.3, 0.4) is 0 Å². The summed E-state index contributed by atoms with van der Waals surface area (Å²) in [5.74, 6) is 0.218. The normalized spacial score (nSPS) is 24.4. The van der Waals surface area contributed by atoms with Crippen LogP contribution in [0.4, 0.5) is 0 Å². The van der Waals surface area contributed by atoms with Gasteiger partial charge < -0.3 is 0 Å². The molecule has 0 radical (unpaired) electrons. The van der Waals surface area contributed by atoms with Gasteiger partial charge in [-0.25, -0.2) is 0 Å². The third-order valence-corrected chi connectivity index (χ3v) is 4.55. The minimum atomic E-state index is 0.0106. The molecular formula is C15H18Cl2N2. The molecule has 1 aliphatic heterocycles. The molecule has 0 amide bonds. The Kier molecular flexibility index (Phi) is 4.11. The zero-order valence-corrected chi connectivity index (χ0v) is 13.0. The lowest BCUT2D eigenvalue weighted by Gasteiger charge is -2.31. The molecule has 2 nitrogen and oxygen atoms in total. The number of nitriles is 1. The number of likely N-dealkylation sites (tertiary alicyclic amines) is 1. The van der Waals surface area contributed by atoms with Crippen LogP contribution in [0.1, 0.15) is 32.3 Å². The van der Waals surface area contributed by atoms with Crippen LogP contribution >= 0.6 is 23.2 Å². The summed E-state index contributed by atoms with van der Waals surface area (Å²) in [5, 5.41) is 10.5. The Labute approximate surface area is 124 Å². The van der Waals surface area contributed by atoms with Crippen molar-refractivity contribution in [3.05, 3.63) is 33.8 Å². The van der Waals surface area contributed by atoms with E-state index in [4.69, 9.17) is 23.2 Å². The maximum absolute atomic E-state index is 9.37. The molecule has 1 fully saturated rings. The maximum atomic E-state index is 9.37. The highest BCUT2D eigenvalue weighted by molar-refractivity contribution is 6.42. The molecule has 1 aromatic rings. The first-order valence-corrected chi connectivity index (χ1v) is 7.18. The van der Waals surface area contributed by atoms with Crippen molar-refractivity contribution in [2.75, 3.05) is 13.1 Å². The molecule has 102 valence electrons. The van der Waals surface area contributed by atoms with Gasteiger partial charge >= 0.3 is 0 Å². The highest BCUT2D eigenvalue weighted by atomic mass is 35.5. The molecular weight excluding hydrogens is 279 g/mol. The van der Waals surface area contributed by atoms with Crippen LogP contribution in [-0.2, 0) is 0 Å². The molecule has 0 bridgehead atoms. The van der Waals surface area contributed by atoms with Crippen molar-refractivity contribution in [1.29, 1.82) is 5.26 Å². The van der Waals surface area contributed by atoms with E-state index in [1.165, 1.54) is 0 Å². The summed E-state index contributed by atoms with van der Waals surface area (Å²) in [6.07, 6.45) is 0. The Morgan fingerprint density at radius 3 is 2.42 bits per heavy atom. The van der Waals surface area contributed by atoms with E-state index in [9.17, 15) is 5.26 Å². The zero-order chi connectivity index (χ0) is 14.2. The fourth-order valence-corrected chi connectivity index (χ4v) is 2.87. The van der Waals surface area contributed by atoms with E-state index < -0.39 is 0 Å². The minimum Gasteiger partial charge on any atom is -0.297 e. The summed E-state index contributed by atoms with van der Waals surface area (Å²) in [6, 6.07) is 8.12. The predicted octanol–water partition coefficient (Wildman–Crippen LogP) is 4.33. The largest absolute Gasteiger partial charge is 0.297 e. The molecule has 0 aromatic heterocycles. The lowest BCUT2D eigenvalue weighted by Crippen LogP contribution is -2.39. The lowest BCUT2D eigenvalue weighted by atomic mass is 9.90. The van der Waals surface area contributed by atoms with Gasteiger partial charge in [0.1, 0.15) is 0 Å². The van der Waals surface area contributed by atoms with Gasteiger partial charge in [-0.15, -0.1) is 0 Å². The average molecular weight is 297 g/mol. The first-order valence-electron chi connectivity index (χ1n) is 6.42. The average Bonchev–Trinajstić information content (AvgIpc) is 2.76. The summed E-state index contributed by atoms with van der Waals surface area (Å²) in [7, 11) is 0. The van der Waals surface area contributed by atoms with E-state index in [0.717, 1.165) is 18.7 Å². The van der Waals surface area contributed by atoms with E-state index >= 15 is 0 Å². The van der Waals surface area contributed by atoms with Gasteiger partial charge in [-0.3, -0.25) is 4.90 Å². The number of benzene rings is 1. The second-order valence-electron chi connectivity index (χ2n) is 6.09. The van der Waals surface area contributed by atoms with E-state index in [2.05, 4.69) is 31.7 Å². The molecule has 0 unspecified atom stereocenters. The summed E-state index contributed by atoms with van der Waals surface area (Å²) in [5.41, 5.74) is 1.19. The fourth-order valence-electron chi connectivity index (χ4n) is 2.56. The molecule has 2 atom stereocenters. The first-order chi connectivity index (χ1) is 8.82. The minimum absolute atomic E-state index is 0.0106. The summed E-state index contributed by atoms with van der Waals surface area (Å²) in [4.78, 5) is 2.36. The number of nitrogens with zero attached hydrogens (tertiary/aromatic N) is 2. The van der Waals surface area contributed by atoms with Crippen molar-refractivity contribution < 1.29 is 0 Å². The smallest absolute Gasteiger partial charge is 0.0676 e. The SMILES string of the molecule is CC(C)(C)N1C[C@@H](C#N)[C@H](c2ccc(Cl)c(Cl)c2)C1. The van der Waals surface area contributed by atoms with Gasteiger partial charge in [-0.1, -0.05) is 29.3 Å². The molecule has 0 spiro atoms. The third kappa shape index (κ3) is 3.05. The molecule has 0 saturated carbocycles. The molecule has 4 heteroatoms. The van der Waals surface area contributed by atoms with Crippen LogP contribution < -0.4 is 0 Å². The van der Waals surface area contributed by atoms with E-state index in [-0.39, 0.29) is 17.4 Å². The number of hydrogen-bond acceptors (Lipinski definition) is 2. The van der Waals surface area contributed by atoms with Crippen LogP contribution in [0.15, 0.2) is 18.2 Å². The fraction of sp³-hybridized carbons (Fsp3) is 0.533. The van der Waals surface area contributed by atoms with Crippen molar-refractivity contribution in [1.82, 2.24) is 4.90 Å². The number of halogens is 2. The van der Waals surface area contributed by atoms with Crippen LogP contribution in [0, 0.1) is 17.2 Å². The van der Waals surface area contributed by atoms with Gasteiger partial charge in [0.25, 0.3) is 0 Å². The Hall–Kier alpha value is -0.750. The highest BCUT2D eigenvalue weighted by Gasteiger charge is 2.38. The first kappa shape index (κ1) is 14.7. The van der Waals surface area contributed by atoms with E-state index in [0.29, 0.717) is 10.0 Å². The van der Waals surface area contributed by atoms with Gasteiger partial charge in [0.15, 0.2) is 0 Å². The van der Waals surface area contributed by atoms with Gasteiger partial charge in [-0.05, 0) is 38.5 Å². The summed E-state index contributed by atoms with van der Waals surface area (Å²) >= 11 is 12.0. The number of hydrogen-bond donors (Lipinski definition) is 0. The Bertz CT molecular complexity index is 514. The van der Waals surface area contributed by atoms with Crippen LogP contribution in [-0.4, -0.2) is 23.5 Å². The second-order valence-corrected chi connectivity index (χ2v) is 6.91. The highest BCUT2D eigenvalue weighted by Crippen LogP contribution is 2.37. The quantitative estimate of drug-likeness (QED) is 0.771. The molecule has 0 N–H and O–H groups in total. The van der Waals surface area contributed by atoms with E-state index in [1.807, 2.05) is 18.2 Å². The standard InChI is InChI=1S/C15H18Cl2N2/c1-15(2,3)19-8-11(7-18)12(9-19)10-4-5-13(16)14(17)6-10/h4-6,11-12H,8-9H2,1-3H3/t11-,12+/m1/s1. The zero-order valence-electron chi connectivity index (χ0n) is 11.5. The Morgan fingerprint density at radius 1 is 1.21 bits per heavy atom. The molecule has 1 heterocycles. The monoisotopic (exact) mass is 296 g/mol. The second kappa shape index (κ2) is 5.32. The molecule has 1 aromatic carbocycles. The topological polar surface area (TPSA) is 27.0 Å². The van der Waals surface area contributed by atoms with Crippen molar-refractivity contribution in [2.24, 2.45) is 5.92 Å². The van der Waals surface area contributed by atoms with Gasteiger partial charge in [0.2, 0.25) is 0 Å². The van der Waals surface area contributed by atoms with E-state index in [1.54, 1.807) is 0 Å². The molecule has 2 rings (SSSR count). The molecule has 1 aliphatic rings. The van der Waals surface area contributed by atoms with Crippen molar-refractivity contribution >= 4 is 23.2 Å². The van der Waals surface area contributed by atoms with Crippen LogP contribution in [0.2, 0.25) is 10.0 Å². The van der Waals surface area contributed by atoms with Crippen LogP contribution in [0.25, 0.3) is 0 Å². The maximum Gasteiger partial charge on any atom is 0.0676 e. The van der Waals surface area contributed by atoms with Crippen molar-refractivity contribution in [3.63, 3.8) is 0 Å². The van der Waals surface area contributed by atoms with Crippen LogP contribution in [0.5, 0.6) is 0 Å². The van der Waals surface area contributed by atoms with Crippen molar-refractivity contribution in [3.8, 4) is 6.07 Å². The molecule has 1 saturated heterocycles. The van der Waals surface area contributed by atoms with Crippen molar-refractivity contribution in [2.45, 2.75) is 32.2 Å². The Morgan fingerprint density at radius 2 is 1.89 bits per heavy atom. The third-order valence-electron chi connectivity index (χ3n) is 3.81. The molecule has 0 aliphatic carbocycles. The lowest BCUT2D eigenvalue weighted by molar-refractivity contribution is 0.170. The summed E-state index contributed by atoms with van der Waals surface area (Å²) < 4.78 is 0. The van der Waals surface area contributed by atoms with Gasteiger partial charge in [0.05, 0.1) is 22.0 Å².